The van der Waals surface area contributed by atoms with Gasteiger partial charge in [-0.15, -0.1) is 0 Å². The summed E-state index contributed by atoms with van der Waals surface area (Å²) in [5.41, 5.74) is 2.27. The number of carbonyl (C=O) groups excluding carboxylic acids is 1. The molecule has 2 aromatic heterocycles. The van der Waals surface area contributed by atoms with Gasteiger partial charge in [-0.2, -0.15) is 0 Å². The standard InChI is InChI=1S/C20H15BrN4O/c21-20(19(26)15-7-3-1-4-8-15)25(16-9-5-2-6-10-16)18-13-17-22-11-12-24(17)14-23-18/h1-14,20H. The lowest BCUT2D eigenvalue weighted by Crippen LogP contribution is -2.33. The minimum atomic E-state index is -0.600. The van der Waals surface area contributed by atoms with Gasteiger partial charge in [-0.3, -0.25) is 9.20 Å². The van der Waals surface area contributed by atoms with Crippen molar-refractivity contribution in [1.82, 2.24) is 14.4 Å². The molecular formula is C20H15BrN4O. The van der Waals surface area contributed by atoms with Gasteiger partial charge >= 0.3 is 0 Å². The Kier molecular flexibility index (Phi) is 4.50. The highest BCUT2D eigenvalue weighted by Crippen LogP contribution is 2.30. The number of hydrogen-bond donors (Lipinski definition) is 0. The van der Waals surface area contributed by atoms with Crippen LogP contribution in [0, 0.1) is 0 Å². The third-order valence-electron chi connectivity index (χ3n) is 4.05. The zero-order valence-electron chi connectivity index (χ0n) is 13.7. The number of hydrogen-bond acceptors (Lipinski definition) is 4. The molecule has 6 heteroatoms. The topological polar surface area (TPSA) is 50.5 Å². The summed E-state index contributed by atoms with van der Waals surface area (Å²) in [6.45, 7) is 0. The highest BCUT2D eigenvalue weighted by molar-refractivity contribution is 9.10. The molecule has 26 heavy (non-hydrogen) atoms. The summed E-state index contributed by atoms with van der Waals surface area (Å²) in [5.74, 6) is 0.598. The predicted molar refractivity (Wildman–Crippen MR) is 105 cm³/mol. The van der Waals surface area contributed by atoms with E-state index in [2.05, 4.69) is 25.9 Å². The van der Waals surface area contributed by atoms with E-state index in [0.29, 0.717) is 11.4 Å². The van der Waals surface area contributed by atoms with E-state index >= 15 is 0 Å². The van der Waals surface area contributed by atoms with Crippen LogP contribution in [0.4, 0.5) is 11.5 Å². The van der Waals surface area contributed by atoms with Crippen molar-refractivity contribution in [1.29, 1.82) is 0 Å². The Morgan fingerprint density at radius 2 is 1.69 bits per heavy atom. The van der Waals surface area contributed by atoms with E-state index in [1.807, 2.05) is 82.2 Å². The van der Waals surface area contributed by atoms with Crippen molar-refractivity contribution < 1.29 is 4.79 Å². The Balaban J connectivity index is 1.79. The fourth-order valence-electron chi connectivity index (χ4n) is 2.76. The monoisotopic (exact) mass is 406 g/mol. The van der Waals surface area contributed by atoms with E-state index < -0.39 is 4.95 Å². The SMILES string of the molecule is O=C(c1ccccc1)C(Br)N(c1ccccc1)c1cc2nccn2cn1. The summed E-state index contributed by atoms with van der Waals surface area (Å²) in [5, 5.41) is 0. The summed E-state index contributed by atoms with van der Waals surface area (Å²) in [4.78, 5) is 23.1. The van der Waals surface area contributed by atoms with E-state index in [1.54, 1.807) is 12.5 Å². The average molecular weight is 407 g/mol. The smallest absolute Gasteiger partial charge is 0.196 e. The van der Waals surface area contributed by atoms with Gasteiger partial charge in [-0.1, -0.05) is 64.5 Å². The molecular weight excluding hydrogens is 392 g/mol. The summed E-state index contributed by atoms with van der Waals surface area (Å²) < 4.78 is 1.83. The van der Waals surface area contributed by atoms with E-state index in [-0.39, 0.29) is 5.78 Å². The number of fused-ring (bicyclic) bond motifs is 1. The maximum Gasteiger partial charge on any atom is 0.196 e. The van der Waals surface area contributed by atoms with Crippen LogP contribution in [0.25, 0.3) is 5.65 Å². The molecule has 0 saturated heterocycles. The van der Waals surface area contributed by atoms with Gasteiger partial charge in [-0.25, -0.2) is 9.97 Å². The first kappa shape index (κ1) is 16.5. The molecule has 0 aliphatic heterocycles. The number of benzene rings is 2. The summed E-state index contributed by atoms with van der Waals surface area (Å²) in [6, 6.07) is 20.8. The fourth-order valence-corrected chi connectivity index (χ4v) is 3.48. The molecule has 0 amide bonds. The van der Waals surface area contributed by atoms with Crippen molar-refractivity contribution >= 4 is 38.9 Å². The molecule has 0 bridgehead atoms. The number of para-hydroxylation sites is 1. The molecule has 2 aromatic carbocycles. The number of alkyl halides is 1. The van der Waals surface area contributed by atoms with Crippen molar-refractivity contribution in [2.24, 2.45) is 0 Å². The lowest BCUT2D eigenvalue weighted by Gasteiger charge is -2.28. The molecule has 0 radical (unpaired) electrons. The number of imidazole rings is 1. The summed E-state index contributed by atoms with van der Waals surface area (Å²) in [7, 11) is 0. The molecule has 0 spiro atoms. The second-order valence-corrected chi connectivity index (χ2v) is 6.58. The van der Waals surface area contributed by atoms with Crippen LogP contribution in [0.5, 0.6) is 0 Å². The number of nitrogens with zero attached hydrogens (tertiary/aromatic N) is 4. The molecule has 0 N–H and O–H groups in total. The minimum Gasteiger partial charge on any atom is -0.306 e. The van der Waals surface area contributed by atoms with E-state index in [4.69, 9.17) is 0 Å². The third kappa shape index (κ3) is 3.11. The fraction of sp³-hybridized carbons (Fsp3) is 0.0500. The second-order valence-electron chi connectivity index (χ2n) is 5.71. The number of rotatable bonds is 5. The van der Waals surface area contributed by atoms with Crippen molar-refractivity contribution in [3.63, 3.8) is 0 Å². The number of Topliss-reactive ketones (excluding diaryl/α,β-unsaturated/α-hetero) is 1. The van der Waals surface area contributed by atoms with Crippen molar-refractivity contribution in [2.75, 3.05) is 4.90 Å². The van der Waals surface area contributed by atoms with Crippen LogP contribution in [0.1, 0.15) is 10.4 Å². The average Bonchev–Trinajstić information content (AvgIpc) is 3.17. The quantitative estimate of drug-likeness (QED) is 0.278. The van der Waals surface area contributed by atoms with Crippen LogP contribution in [0.15, 0.2) is 85.5 Å². The van der Waals surface area contributed by atoms with Gasteiger partial charge in [0.1, 0.15) is 17.8 Å². The molecule has 0 fully saturated rings. The second kappa shape index (κ2) is 7.09. The van der Waals surface area contributed by atoms with Crippen LogP contribution in [-0.2, 0) is 0 Å². The van der Waals surface area contributed by atoms with E-state index in [0.717, 1.165) is 11.3 Å². The van der Waals surface area contributed by atoms with Gasteiger partial charge in [-0.05, 0) is 12.1 Å². The van der Waals surface area contributed by atoms with Gasteiger partial charge in [0.05, 0.1) is 0 Å². The van der Waals surface area contributed by atoms with Gasteiger partial charge < -0.3 is 4.90 Å². The molecule has 0 saturated carbocycles. The number of halogens is 1. The largest absolute Gasteiger partial charge is 0.306 e. The molecule has 5 nitrogen and oxygen atoms in total. The zero-order chi connectivity index (χ0) is 17.9. The molecule has 1 atom stereocenters. The molecule has 128 valence electrons. The molecule has 4 aromatic rings. The number of anilines is 2. The molecule has 0 aliphatic carbocycles. The van der Waals surface area contributed by atoms with Gasteiger partial charge in [0.15, 0.2) is 10.7 Å². The maximum absolute atomic E-state index is 13.0. The van der Waals surface area contributed by atoms with Crippen LogP contribution in [0.2, 0.25) is 0 Å². The van der Waals surface area contributed by atoms with Crippen LogP contribution in [-0.4, -0.2) is 25.1 Å². The van der Waals surface area contributed by atoms with E-state index in [1.165, 1.54) is 0 Å². The Bertz CT molecular complexity index is 1030. The van der Waals surface area contributed by atoms with Crippen LogP contribution < -0.4 is 4.90 Å². The molecule has 0 aliphatic rings. The van der Waals surface area contributed by atoms with Gasteiger partial charge in [0.2, 0.25) is 0 Å². The number of carbonyl (C=O) groups is 1. The van der Waals surface area contributed by atoms with Gasteiger partial charge in [0, 0.05) is 29.7 Å². The number of ketones is 1. The Labute approximate surface area is 159 Å². The molecule has 2 heterocycles. The normalized spacial score (nSPS) is 12.0. The first-order valence-corrected chi connectivity index (χ1v) is 9.02. The Morgan fingerprint density at radius 3 is 2.42 bits per heavy atom. The zero-order valence-corrected chi connectivity index (χ0v) is 15.3. The predicted octanol–water partition coefficient (Wildman–Crippen LogP) is 4.47. The lowest BCUT2D eigenvalue weighted by atomic mass is 10.1. The Hall–Kier alpha value is -2.99. The number of aromatic nitrogens is 3. The Morgan fingerprint density at radius 1 is 1.00 bits per heavy atom. The van der Waals surface area contributed by atoms with Crippen LogP contribution >= 0.6 is 15.9 Å². The van der Waals surface area contributed by atoms with Crippen molar-refractivity contribution in [3.8, 4) is 0 Å². The first-order chi connectivity index (χ1) is 12.7. The molecule has 1 unspecified atom stereocenters. The third-order valence-corrected chi connectivity index (χ3v) is 4.88. The highest BCUT2D eigenvalue weighted by atomic mass is 79.9. The van der Waals surface area contributed by atoms with E-state index in [9.17, 15) is 4.79 Å². The highest BCUT2D eigenvalue weighted by Gasteiger charge is 2.27. The maximum atomic E-state index is 13.0. The van der Waals surface area contributed by atoms with Crippen molar-refractivity contribution in [2.45, 2.75) is 4.95 Å². The summed E-state index contributed by atoms with van der Waals surface area (Å²) >= 11 is 3.58. The van der Waals surface area contributed by atoms with Gasteiger partial charge in [0.25, 0.3) is 0 Å². The minimum absolute atomic E-state index is 0.0422. The van der Waals surface area contributed by atoms with Crippen molar-refractivity contribution in [3.05, 3.63) is 91.0 Å². The summed E-state index contributed by atoms with van der Waals surface area (Å²) in [6.07, 6.45) is 5.24. The molecule has 4 rings (SSSR count). The first-order valence-electron chi connectivity index (χ1n) is 8.10. The van der Waals surface area contributed by atoms with Crippen LogP contribution in [0.3, 0.4) is 0 Å². The lowest BCUT2D eigenvalue weighted by molar-refractivity contribution is 0.0992.